The highest BCUT2D eigenvalue weighted by Gasteiger charge is 2.44. The monoisotopic (exact) mass is 184 g/mol. The van der Waals surface area contributed by atoms with Crippen LogP contribution in [0.2, 0.25) is 0 Å². The molecule has 1 spiro atoms. The van der Waals surface area contributed by atoms with E-state index in [1.165, 1.54) is 12.8 Å². The van der Waals surface area contributed by atoms with E-state index in [2.05, 4.69) is 10.6 Å². The summed E-state index contributed by atoms with van der Waals surface area (Å²) in [6, 6.07) is 0.218. The van der Waals surface area contributed by atoms with E-state index >= 15 is 0 Å². The molecule has 1 saturated heterocycles. The van der Waals surface area contributed by atoms with Crippen molar-refractivity contribution < 1.29 is 9.90 Å². The minimum Gasteiger partial charge on any atom is -0.465 e. The van der Waals surface area contributed by atoms with Crippen molar-refractivity contribution in [2.24, 2.45) is 5.41 Å². The molecular formula is C9H16N2O2. The Labute approximate surface area is 77.7 Å². The van der Waals surface area contributed by atoms with Crippen molar-refractivity contribution in [3.63, 3.8) is 0 Å². The minimum atomic E-state index is -0.881. The van der Waals surface area contributed by atoms with E-state index in [9.17, 15) is 4.79 Å². The van der Waals surface area contributed by atoms with Gasteiger partial charge in [0.15, 0.2) is 0 Å². The second-order valence-electron chi connectivity index (χ2n) is 4.30. The van der Waals surface area contributed by atoms with Crippen molar-refractivity contribution in [2.45, 2.75) is 31.7 Å². The number of rotatable bonds is 1. The fourth-order valence-electron chi connectivity index (χ4n) is 2.63. The Balaban J connectivity index is 1.78. The summed E-state index contributed by atoms with van der Waals surface area (Å²) >= 11 is 0. The van der Waals surface area contributed by atoms with Gasteiger partial charge in [-0.25, -0.2) is 4.79 Å². The Hall–Kier alpha value is -0.770. The van der Waals surface area contributed by atoms with E-state index in [1.807, 2.05) is 0 Å². The van der Waals surface area contributed by atoms with Crippen molar-refractivity contribution in [1.82, 2.24) is 10.6 Å². The van der Waals surface area contributed by atoms with Gasteiger partial charge >= 0.3 is 6.09 Å². The van der Waals surface area contributed by atoms with E-state index in [4.69, 9.17) is 5.11 Å². The molecule has 0 bridgehead atoms. The number of hydrogen-bond acceptors (Lipinski definition) is 2. The summed E-state index contributed by atoms with van der Waals surface area (Å²) in [4.78, 5) is 10.4. The summed E-state index contributed by atoms with van der Waals surface area (Å²) in [5.41, 5.74) is 0.471. The van der Waals surface area contributed by atoms with Gasteiger partial charge in [0.2, 0.25) is 0 Å². The summed E-state index contributed by atoms with van der Waals surface area (Å²) in [6.07, 6.45) is 3.63. The second kappa shape index (κ2) is 3.18. The van der Waals surface area contributed by atoms with Gasteiger partial charge in [0.25, 0.3) is 0 Å². The third-order valence-corrected chi connectivity index (χ3v) is 3.35. The zero-order valence-electron chi connectivity index (χ0n) is 7.68. The highest BCUT2D eigenvalue weighted by atomic mass is 16.4. The molecule has 1 aliphatic carbocycles. The maximum atomic E-state index is 10.4. The largest absolute Gasteiger partial charge is 0.465 e. The number of nitrogens with one attached hydrogen (secondary N) is 2. The molecule has 0 atom stereocenters. The molecule has 13 heavy (non-hydrogen) atoms. The number of hydrogen-bond donors (Lipinski definition) is 3. The standard InChI is InChI=1S/C9H16N2O2/c12-8(13)11-7-5-9(6-7)1-3-10-4-2-9/h7,10-11H,1-6H2,(H,12,13). The van der Waals surface area contributed by atoms with Gasteiger partial charge in [0.05, 0.1) is 0 Å². The quantitative estimate of drug-likeness (QED) is 0.564. The van der Waals surface area contributed by atoms with E-state index in [1.54, 1.807) is 0 Å². The van der Waals surface area contributed by atoms with Crippen LogP contribution in [0.15, 0.2) is 0 Å². The van der Waals surface area contributed by atoms with Gasteiger partial charge in [-0.1, -0.05) is 0 Å². The molecule has 1 saturated carbocycles. The van der Waals surface area contributed by atoms with Crippen molar-refractivity contribution >= 4 is 6.09 Å². The molecule has 1 amide bonds. The first-order valence-electron chi connectivity index (χ1n) is 4.90. The Kier molecular flexibility index (Phi) is 2.15. The molecule has 74 valence electrons. The summed E-state index contributed by atoms with van der Waals surface area (Å²) in [5, 5.41) is 14.4. The lowest BCUT2D eigenvalue weighted by Crippen LogP contribution is -2.54. The van der Waals surface area contributed by atoms with Gasteiger partial charge < -0.3 is 15.7 Å². The fourth-order valence-corrected chi connectivity index (χ4v) is 2.63. The third kappa shape index (κ3) is 1.77. The fraction of sp³-hybridized carbons (Fsp3) is 0.889. The van der Waals surface area contributed by atoms with Crippen LogP contribution in [0.3, 0.4) is 0 Å². The van der Waals surface area contributed by atoms with Crippen molar-refractivity contribution in [3.05, 3.63) is 0 Å². The SMILES string of the molecule is O=C(O)NC1CC2(CCNCC2)C1. The zero-order chi connectivity index (χ0) is 9.31. The van der Waals surface area contributed by atoms with Crippen molar-refractivity contribution in [3.8, 4) is 0 Å². The predicted octanol–water partition coefficient (Wildman–Crippen LogP) is 0.786. The topological polar surface area (TPSA) is 61.4 Å². The molecule has 3 N–H and O–H groups in total. The van der Waals surface area contributed by atoms with E-state index in [-0.39, 0.29) is 6.04 Å². The molecule has 1 heterocycles. The van der Waals surface area contributed by atoms with Crippen LogP contribution in [-0.4, -0.2) is 30.3 Å². The molecule has 0 aromatic carbocycles. The van der Waals surface area contributed by atoms with Gasteiger partial charge in [-0.3, -0.25) is 0 Å². The highest BCUT2D eigenvalue weighted by molar-refractivity contribution is 5.65. The molecular weight excluding hydrogens is 168 g/mol. The molecule has 1 aliphatic heterocycles. The predicted molar refractivity (Wildman–Crippen MR) is 48.7 cm³/mol. The summed E-state index contributed by atoms with van der Waals surface area (Å²) in [6.45, 7) is 2.19. The minimum absolute atomic E-state index is 0.218. The van der Waals surface area contributed by atoms with Crippen LogP contribution in [-0.2, 0) is 0 Å². The maximum absolute atomic E-state index is 10.4. The smallest absolute Gasteiger partial charge is 0.404 e. The first-order chi connectivity index (χ1) is 6.20. The Bertz CT molecular complexity index is 204. The van der Waals surface area contributed by atoms with Crippen LogP contribution < -0.4 is 10.6 Å². The normalized spacial score (nSPS) is 26.8. The Morgan fingerprint density at radius 3 is 2.54 bits per heavy atom. The lowest BCUT2D eigenvalue weighted by molar-refractivity contribution is 0.0465. The molecule has 2 fully saturated rings. The van der Waals surface area contributed by atoms with Gasteiger partial charge in [-0.05, 0) is 44.2 Å². The van der Waals surface area contributed by atoms with Crippen LogP contribution >= 0.6 is 0 Å². The summed E-state index contributed by atoms with van der Waals surface area (Å²) in [7, 11) is 0. The molecule has 4 heteroatoms. The average Bonchev–Trinajstić information content (AvgIpc) is 2.02. The van der Waals surface area contributed by atoms with E-state index < -0.39 is 6.09 Å². The summed E-state index contributed by atoms with van der Waals surface area (Å²) in [5.74, 6) is 0. The Morgan fingerprint density at radius 1 is 1.38 bits per heavy atom. The molecule has 0 aromatic heterocycles. The number of amides is 1. The lowest BCUT2D eigenvalue weighted by atomic mass is 9.61. The zero-order valence-corrected chi connectivity index (χ0v) is 7.68. The van der Waals surface area contributed by atoms with Crippen molar-refractivity contribution in [1.29, 1.82) is 0 Å². The van der Waals surface area contributed by atoms with Crippen LogP contribution in [0, 0.1) is 5.41 Å². The van der Waals surface area contributed by atoms with E-state index in [0.29, 0.717) is 5.41 Å². The average molecular weight is 184 g/mol. The first kappa shape index (κ1) is 8.81. The van der Waals surface area contributed by atoms with Crippen LogP contribution in [0.5, 0.6) is 0 Å². The van der Waals surface area contributed by atoms with Crippen LogP contribution in [0.1, 0.15) is 25.7 Å². The molecule has 0 unspecified atom stereocenters. The number of piperidine rings is 1. The molecule has 0 aromatic rings. The van der Waals surface area contributed by atoms with E-state index in [0.717, 1.165) is 25.9 Å². The first-order valence-corrected chi connectivity index (χ1v) is 4.90. The number of carbonyl (C=O) groups is 1. The summed E-state index contributed by atoms with van der Waals surface area (Å²) < 4.78 is 0. The van der Waals surface area contributed by atoms with Gasteiger partial charge in [-0.15, -0.1) is 0 Å². The Morgan fingerprint density at radius 2 is 2.00 bits per heavy atom. The van der Waals surface area contributed by atoms with Crippen LogP contribution in [0.4, 0.5) is 4.79 Å². The molecule has 0 radical (unpaired) electrons. The molecule has 2 aliphatic rings. The second-order valence-corrected chi connectivity index (χ2v) is 4.30. The third-order valence-electron chi connectivity index (χ3n) is 3.35. The number of carboxylic acid groups (broad SMARTS) is 1. The lowest BCUT2D eigenvalue weighted by Gasteiger charge is -2.50. The molecule has 2 rings (SSSR count). The molecule has 4 nitrogen and oxygen atoms in total. The maximum Gasteiger partial charge on any atom is 0.404 e. The van der Waals surface area contributed by atoms with Crippen LogP contribution in [0.25, 0.3) is 0 Å². The van der Waals surface area contributed by atoms with Crippen molar-refractivity contribution in [2.75, 3.05) is 13.1 Å². The van der Waals surface area contributed by atoms with Gasteiger partial charge in [-0.2, -0.15) is 0 Å². The van der Waals surface area contributed by atoms with Gasteiger partial charge in [0, 0.05) is 6.04 Å². The highest BCUT2D eigenvalue weighted by Crippen LogP contribution is 2.47. The van der Waals surface area contributed by atoms with Gasteiger partial charge in [0.1, 0.15) is 0 Å².